The highest BCUT2D eigenvalue weighted by atomic mass is 32.2. The zero-order valence-electron chi connectivity index (χ0n) is 11.9. The van der Waals surface area contributed by atoms with Gasteiger partial charge in [-0.05, 0) is 37.1 Å². The topological polar surface area (TPSA) is 66.4 Å². The van der Waals surface area contributed by atoms with Gasteiger partial charge in [0, 0.05) is 17.6 Å². The smallest absolute Gasteiger partial charge is 0.178 e. The number of hydrogen-bond donors (Lipinski definition) is 2. The van der Waals surface area contributed by atoms with E-state index >= 15 is 0 Å². The lowest BCUT2D eigenvalue weighted by atomic mass is 9.87. The van der Waals surface area contributed by atoms with Crippen LogP contribution in [0.25, 0.3) is 0 Å². The molecule has 0 amide bonds. The van der Waals surface area contributed by atoms with Crippen molar-refractivity contribution in [2.75, 3.05) is 24.2 Å². The molecule has 1 aliphatic carbocycles. The number of benzene rings is 1. The summed E-state index contributed by atoms with van der Waals surface area (Å²) in [5.74, 6) is 0.118. The van der Waals surface area contributed by atoms with Gasteiger partial charge in [0.25, 0.3) is 0 Å². The first-order valence-electron chi connectivity index (χ1n) is 7.19. The van der Waals surface area contributed by atoms with E-state index in [1.165, 1.54) is 12.8 Å². The highest BCUT2D eigenvalue weighted by Gasteiger charge is 2.32. The van der Waals surface area contributed by atoms with Gasteiger partial charge in [0.2, 0.25) is 0 Å². The van der Waals surface area contributed by atoms with Crippen LogP contribution < -0.4 is 5.32 Å². The normalized spacial score (nSPS) is 18.1. The summed E-state index contributed by atoms with van der Waals surface area (Å²) in [6, 6.07) is 6.87. The molecule has 2 rings (SSSR count). The average Bonchev–Trinajstić information content (AvgIpc) is 2.95. The third-order valence-corrected chi connectivity index (χ3v) is 6.01. The summed E-state index contributed by atoms with van der Waals surface area (Å²) in [6.07, 6.45) is 4.46. The zero-order chi connectivity index (χ0) is 14.6. The molecule has 4 nitrogen and oxygen atoms in total. The van der Waals surface area contributed by atoms with E-state index in [1.54, 1.807) is 31.2 Å². The second kappa shape index (κ2) is 6.14. The number of rotatable bonds is 6. The first kappa shape index (κ1) is 15.3. The quantitative estimate of drug-likeness (QED) is 0.846. The third kappa shape index (κ3) is 3.33. The van der Waals surface area contributed by atoms with Gasteiger partial charge in [0.15, 0.2) is 9.84 Å². The van der Waals surface area contributed by atoms with Crippen molar-refractivity contribution >= 4 is 15.5 Å². The van der Waals surface area contributed by atoms with Crippen LogP contribution in [-0.2, 0) is 9.84 Å². The number of anilines is 1. The Labute approximate surface area is 121 Å². The molecule has 0 aromatic heterocycles. The van der Waals surface area contributed by atoms with E-state index in [0.717, 1.165) is 25.1 Å². The SMILES string of the molecule is CCS(=O)(=O)c1ccc(NCC2(CO)CCCC2)cc1. The molecule has 1 aromatic rings. The van der Waals surface area contributed by atoms with E-state index in [0.29, 0.717) is 4.90 Å². The highest BCUT2D eigenvalue weighted by Crippen LogP contribution is 2.37. The fraction of sp³-hybridized carbons (Fsp3) is 0.600. The average molecular weight is 297 g/mol. The Kier molecular flexibility index (Phi) is 4.70. The maximum atomic E-state index is 11.7. The van der Waals surface area contributed by atoms with Crippen LogP contribution >= 0.6 is 0 Å². The Morgan fingerprint density at radius 2 is 1.80 bits per heavy atom. The largest absolute Gasteiger partial charge is 0.396 e. The van der Waals surface area contributed by atoms with E-state index < -0.39 is 9.84 Å². The van der Waals surface area contributed by atoms with E-state index in [-0.39, 0.29) is 17.8 Å². The van der Waals surface area contributed by atoms with E-state index in [2.05, 4.69) is 5.32 Å². The molecule has 0 bridgehead atoms. The highest BCUT2D eigenvalue weighted by molar-refractivity contribution is 7.91. The van der Waals surface area contributed by atoms with E-state index in [9.17, 15) is 13.5 Å². The number of sulfone groups is 1. The summed E-state index contributed by atoms with van der Waals surface area (Å²) in [7, 11) is -3.13. The molecule has 0 atom stereocenters. The molecule has 1 saturated carbocycles. The number of aliphatic hydroxyl groups is 1. The Morgan fingerprint density at radius 1 is 1.20 bits per heavy atom. The molecule has 0 radical (unpaired) electrons. The molecule has 1 fully saturated rings. The molecule has 0 unspecified atom stereocenters. The van der Waals surface area contributed by atoms with Crippen LogP contribution in [0.4, 0.5) is 5.69 Å². The number of hydrogen-bond acceptors (Lipinski definition) is 4. The molecule has 20 heavy (non-hydrogen) atoms. The van der Waals surface area contributed by atoms with Crippen LogP contribution in [0.5, 0.6) is 0 Å². The minimum absolute atomic E-state index is 0.00579. The molecule has 1 aromatic carbocycles. The minimum atomic E-state index is -3.13. The van der Waals surface area contributed by atoms with Gasteiger partial charge < -0.3 is 10.4 Å². The van der Waals surface area contributed by atoms with Crippen LogP contribution in [0, 0.1) is 5.41 Å². The van der Waals surface area contributed by atoms with Gasteiger partial charge in [-0.1, -0.05) is 19.8 Å². The molecule has 0 heterocycles. The number of aliphatic hydroxyl groups excluding tert-OH is 1. The summed E-state index contributed by atoms with van der Waals surface area (Å²) in [5, 5.41) is 12.9. The van der Waals surface area contributed by atoms with Gasteiger partial charge in [-0.3, -0.25) is 0 Å². The molecular weight excluding hydrogens is 274 g/mol. The lowest BCUT2D eigenvalue weighted by Crippen LogP contribution is -2.30. The molecule has 112 valence electrons. The Hall–Kier alpha value is -1.07. The van der Waals surface area contributed by atoms with Crippen LogP contribution in [0.2, 0.25) is 0 Å². The fourth-order valence-electron chi connectivity index (χ4n) is 2.75. The van der Waals surface area contributed by atoms with Gasteiger partial charge in [-0.2, -0.15) is 0 Å². The molecule has 1 aliphatic rings. The van der Waals surface area contributed by atoms with Gasteiger partial charge in [-0.25, -0.2) is 8.42 Å². The lowest BCUT2D eigenvalue weighted by Gasteiger charge is -2.27. The third-order valence-electron chi connectivity index (χ3n) is 4.26. The Bertz CT molecular complexity index is 531. The summed E-state index contributed by atoms with van der Waals surface area (Å²) in [6.45, 7) is 2.60. The van der Waals surface area contributed by atoms with Gasteiger partial charge in [0.1, 0.15) is 0 Å². The molecule has 2 N–H and O–H groups in total. The van der Waals surface area contributed by atoms with Gasteiger partial charge in [-0.15, -0.1) is 0 Å². The van der Waals surface area contributed by atoms with Crippen molar-refractivity contribution in [3.63, 3.8) is 0 Å². The fourth-order valence-corrected chi connectivity index (χ4v) is 3.64. The summed E-state index contributed by atoms with van der Waals surface area (Å²) >= 11 is 0. The van der Waals surface area contributed by atoms with Gasteiger partial charge in [0.05, 0.1) is 17.3 Å². The van der Waals surface area contributed by atoms with Crippen LogP contribution in [0.1, 0.15) is 32.6 Å². The summed E-state index contributed by atoms with van der Waals surface area (Å²) in [5.41, 5.74) is 0.897. The standard InChI is InChI=1S/C15H23NO3S/c1-2-20(18,19)14-7-5-13(6-8-14)16-11-15(12-17)9-3-4-10-15/h5-8,16-17H,2-4,9-12H2,1H3. The first-order valence-corrected chi connectivity index (χ1v) is 8.84. The van der Waals surface area contributed by atoms with Crippen molar-refractivity contribution in [3.05, 3.63) is 24.3 Å². The van der Waals surface area contributed by atoms with E-state index in [1.807, 2.05) is 0 Å². The molecule has 0 spiro atoms. The second-order valence-electron chi connectivity index (χ2n) is 5.65. The van der Waals surface area contributed by atoms with Crippen molar-refractivity contribution in [1.29, 1.82) is 0 Å². The van der Waals surface area contributed by atoms with Gasteiger partial charge >= 0.3 is 0 Å². The van der Waals surface area contributed by atoms with Crippen molar-refractivity contribution < 1.29 is 13.5 Å². The van der Waals surface area contributed by atoms with Crippen molar-refractivity contribution in [3.8, 4) is 0 Å². The zero-order valence-corrected chi connectivity index (χ0v) is 12.7. The minimum Gasteiger partial charge on any atom is -0.396 e. The monoisotopic (exact) mass is 297 g/mol. The van der Waals surface area contributed by atoms with Crippen molar-refractivity contribution in [1.82, 2.24) is 0 Å². The first-order chi connectivity index (χ1) is 9.51. The summed E-state index contributed by atoms with van der Waals surface area (Å²) in [4.78, 5) is 0.364. The van der Waals surface area contributed by atoms with Crippen LogP contribution in [0.3, 0.4) is 0 Å². The molecule has 0 aliphatic heterocycles. The second-order valence-corrected chi connectivity index (χ2v) is 7.92. The predicted molar refractivity (Wildman–Crippen MR) is 80.6 cm³/mol. The maximum Gasteiger partial charge on any atom is 0.178 e. The maximum absolute atomic E-state index is 11.7. The van der Waals surface area contributed by atoms with E-state index in [4.69, 9.17) is 0 Å². The van der Waals surface area contributed by atoms with Crippen molar-refractivity contribution in [2.45, 2.75) is 37.5 Å². The Morgan fingerprint density at radius 3 is 2.30 bits per heavy atom. The Balaban J connectivity index is 2.01. The van der Waals surface area contributed by atoms with Crippen molar-refractivity contribution in [2.24, 2.45) is 5.41 Å². The molecular formula is C15H23NO3S. The predicted octanol–water partition coefficient (Wildman–Crippen LogP) is 2.44. The molecule has 0 saturated heterocycles. The molecule has 5 heteroatoms. The van der Waals surface area contributed by atoms with Crippen LogP contribution in [-0.4, -0.2) is 32.4 Å². The van der Waals surface area contributed by atoms with Crippen LogP contribution in [0.15, 0.2) is 29.2 Å². The number of nitrogens with one attached hydrogen (secondary N) is 1. The summed E-state index contributed by atoms with van der Waals surface area (Å²) < 4.78 is 23.4. The lowest BCUT2D eigenvalue weighted by molar-refractivity contribution is 0.142.